The van der Waals surface area contributed by atoms with Crippen LogP contribution in [-0.2, 0) is 6.42 Å². The van der Waals surface area contributed by atoms with Gasteiger partial charge in [-0.15, -0.1) is 0 Å². The summed E-state index contributed by atoms with van der Waals surface area (Å²) < 4.78 is 5.19. The Balaban J connectivity index is 1.88. The van der Waals surface area contributed by atoms with E-state index in [1.54, 1.807) is 12.3 Å². The highest BCUT2D eigenvalue weighted by molar-refractivity contribution is 5.60. The van der Waals surface area contributed by atoms with Gasteiger partial charge in [-0.1, -0.05) is 29.4 Å². The SMILES string of the molecule is Cc1ccccc1Cc1noc(-c2ccncc2O)n1. The molecule has 0 unspecified atom stereocenters. The minimum atomic E-state index is 0.0265. The van der Waals surface area contributed by atoms with Gasteiger partial charge in [-0.25, -0.2) is 0 Å². The molecule has 5 nitrogen and oxygen atoms in total. The van der Waals surface area contributed by atoms with E-state index in [-0.39, 0.29) is 5.75 Å². The summed E-state index contributed by atoms with van der Waals surface area (Å²) in [7, 11) is 0. The van der Waals surface area contributed by atoms with Crippen molar-refractivity contribution >= 4 is 0 Å². The zero-order valence-corrected chi connectivity index (χ0v) is 10.9. The van der Waals surface area contributed by atoms with Gasteiger partial charge in [0.05, 0.1) is 11.8 Å². The summed E-state index contributed by atoms with van der Waals surface area (Å²) in [6.45, 7) is 2.05. The smallest absolute Gasteiger partial charge is 0.261 e. The molecular weight excluding hydrogens is 254 g/mol. The van der Waals surface area contributed by atoms with Crippen molar-refractivity contribution in [1.82, 2.24) is 15.1 Å². The van der Waals surface area contributed by atoms with Gasteiger partial charge < -0.3 is 9.63 Å². The van der Waals surface area contributed by atoms with Crippen LogP contribution in [0.2, 0.25) is 0 Å². The predicted molar refractivity (Wildman–Crippen MR) is 73.2 cm³/mol. The number of pyridine rings is 1. The molecule has 0 saturated carbocycles. The largest absolute Gasteiger partial charge is 0.505 e. The first-order valence-electron chi connectivity index (χ1n) is 6.24. The highest BCUT2D eigenvalue weighted by Crippen LogP contribution is 2.26. The molecule has 1 N–H and O–H groups in total. The van der Waals surface area contributed by atoms with Gasteiger partial charge >= 0.3 is 0 Å². The molecule has 3 aromatic rings. The molecule has 2 heterocycles. The standard InChI is InChI=1S/C15H13N3O2/c1-10-4-2-3-5-11(10)8-14-17-15(20-18-14)12-6-7-16-9-13(12)19/h2-7,9,19H,8H2,1H3. The van der Waals surface area contributed by atoms with Gasteiger partial charge in [0.15, 0.2) is 5.82 Å². The first kappa shape index (κ1) is 12.3. The maximum absolute atomic E-state index is 9.72. The zero-order valence-electron chi connectivity index (χ0n) is 10.9. The number of hydrogen-bond donors (Lipinski definition) is 1. The van der Waals surface area contributed by atoms with E-state index in [4.69, 9.17) is 4.52 Å². The summed E-state index contributed by atoms with van der Waals surface area (Å²) in [5.41, 5.74) is 2.83. The highest BCUT2D eigenvalue weighted by atomic mass is 16.5. The van der Waals surface area contributed by atoms with Crippen LogP contribution in [0, 0.1) is 6.92 Å². The Morgan fingerprint density at radius 2 is 2.05 bits per heavy atom. The molecule has 0 bridgehead atoms. The van der Waals surface area contributed by atoms with Crippen molar-refractivity contribution < 1.29 is 9.63 Å². The summed E-state index contributed by atoms with van der Waals surface area (Å²) in [6.07, 6.45) is 3.52. The van der Waals surface area contributed by atoms with E-state index >= 15 is 0 Å². The van der Waals surface area contributed by atoms with Crippen molar-refractivity contribution in [2.24, 2.45) is 0 Å². The first-order valence-corrected chi connectivity index (χ1v) is 6.24. The van der Waals surface area contributed by atoms with Gasteiger partial charge in [0.1, 0.15) is 5.75 Å². The lowest BCUT2D eigenvalue weighted by atomic mass is 10.1. The van der Waals surface area contributed by atoms with Crippen LogP contribution in [0.1, 0.15) is 17.0 Å². The number of nitrogens with zero attached hydrogens (tertiary/aromatic N) is 3. The molecule has 2 aromatic heterocycles. The first-order chi connectivity index (χ1) is 9.74. The third-order valence-electron chi connectivity index (χ3n) is 3.11. The third kappa shape index (κ3) is 2.38. The van der Waals surface area contributed by atoms with Gasteiger partial charge in [0, 0.05) is 12.6 Å². The molecule has 0 aliphatic carbocycles. The molecule has 0 atom stereocenters. The second kappa shape index (κ2) is 5.13. The molecule has 0 saturated heterocycles. The second-order valence-corrected chi connectivity index (χ2v) is 4.51. The molecule has 5 heteroatoms. The Morgan fingerprint density at radius 1 is 1.20 bits per heavy atom. The van der Waals surface area contributed by atoms with Gasteiger partial charge in [-0.05, 0) is 24.1 Å². The maximum Gasteiger partial charge on any atom is 0.261 e. The zero-order chi connectivity index (χ0) is 13.9. The van der Waals surface area contributed by atoms with Crippen molar-refractivity contribution in [3.63, 3.8) is 0 Å². The number of aryl methyl sites for hydroxylation is 1. The van der Waals surface area contributed by atoms with Crippen LogP contribution in [0.15, 0.2) is 47.2 Å². The van der Waals surface area contributed by atoms with Gasteiger partial charge in [0.25, 0.3) is 5.89 Å². The summed E-state index contributed by atoms with van der Waals surface area (Å²) >= 11 is 0. The fourth-order valence-electron chi connectivity index (χ4n) is 1.98. The molecule has 0 radical (unpaired) electrons. The number of rotatable bonds is 3. The fourth-order valence-corrected chi connectivity index (χ4v) is 1.98. The van der Waals surface area contributed by atoms with Gasteiger partial charge in [-0.3, -0.25) is 4.98 Å². The van der Waals surface area contributed by atoms with Crippen LogP contribution in [0.5, 0.6) is 5.75 Å². The Hall–Kier alpha value is -2.69. The minimum absolute atomic E-state index is 0.0265. The third-order valence-corrected chi connectivity index (χ3v) is 3.11. The molecule has 3 rings (SSSR count). The van der Waals surface area contributed by atoms with Crippen LogP contribution < -0.4 is 0 Å². The Kier molecular flexibility index (Phi) is 3.16. The molecule has 0 fully saturated rings. The van der Waals surface area contributed by atoms with E-state index in [9.17, 15) is 5.11 Å². The molecule has 0 spiro atoms. The van der Waals surface area contributed by atoms with Crippen LogP contribution >= 0.6 is 0 Å². The van der Waals surface area contributed by atoms with Crippen molar-refractivity contribution in [2.75, 3.05) is 0 Å². The summed E-state index contributed by atoms with van der Waals surface area (Å²) in [5.74, 6) is 0.914. The number of hydrogen-bond acceptors (Lipinski definition) is 5. The lowest BCUT2D eigenvalue weighted by Gasteiger charge is -2.00. The predicted octanol–water partition coefficient (Wildman–Crippen LogP) is 2.74. The molecule has 0 aliphatic rings. The molecule has 1 aromatic carbocycles. The van der Waals surface area contributed by atoms with Crippen LogP contribution in [0.4, 0.5) is 0 Å². The van der Waals surface area contributed by atoms with E-state index in [0.29, 0.717) is 23.7 Å². The Labute approximate surface area is 115 Å². The topological polar surface area (TPSA) is 72.0 Å². The van der Waals surface area contributed by atoms with E-state index in [1.165, 1.54) is 11.8 Å². The summed E-state index contributed by atoms with van der Waals surface area (Å²) in [4.78, 5) is 8.13. The molecule has 20 heavy (non-hydrogen) atoms. The number of aromatic nitrogens is 3. The minimum Gasteiger partial charge on any atom is -0.505 e. The van der Waals surface area contributed by atoms with Crippen LogP contribution in [0.25, 0.3) is 11.5 Å². The average molecular weight is 267 g/mol. The van der Waals surface area contributed by atoms with Crippen LogP contribution in [-0.4, -0.2) is 20.2 Å². The van der Waals surface area contributed by atoms with Crippen LogP contribution in [0.3, 0.4) is 0 Å². The second-order valence-electron chi connectivity index (χ2n) is 4.51. The van der Waals surface area contributed by atoms with Crippen molar-refractivity contribution in [1.29, 1.82) is 0 Å². The average Bonchev–Trinajstić information content (AvgIpc) is 2.90. The van der Waals surface area contributed by atoms with Crippen molar-refractivity contribution in [3.8, 4) is 17.2 Å². The molecule has 0 amide bonds. The monoisotopic (exact) mass is 267 g/mol. The number of benzene rings is 1. The van der Waals surface area contributed by atoms with Crippen molar-refractivity contribution in [2.45, 2.75) is 13.3 Å². The fraction of sp³-hybridized carbons (Fsp3) is 0.133. The quantitative estimate of drug-likeness (QED) is 0.790. The molecule has 0 aliphatic heterocycles. The Bertz CT molecular complexity index is 737. The highest BCUT2D eigenvalue weighted by Gasteiger charge is 2.13. The van der Waals surface area contributed by atoms with E-state index in [0.717, 1.165) is 5.56 Å². The van der Waals surface area contributed by atoms with E-state index in [1.807, 2.05) is 31.2 Å². The lowest BCUT2D eigenvalue weighted by Crippen LogP contribution is -1.93. The van der Waals surface area contributed by atoms with Crippen molar-refractivity contribution in [3.05, 3.63) is 59.7 Å². The van der Waals surface area contributed by atoms with E-state index < -0.39 is 0 Å². The lowest BCUT2D eigenvalue weighted by molar-refractivity contribution is 0.418. The van der Waals surface area contributed by atoms with Gasteiger partial charge in [-0.2, -0.15) is 4.98 Å². The molecular formula is C15H13N3O2. The summed E-state index contributed by atoms with van der Waals surface area (Å²) in [5, 5.41) is 13.7. The maximum atomic E-state index is 9.72. The normalized spacial score (nSPS) is 10.7. The number of aromatic hydroxyl groups is 1. The Morgan fingerprint density at radius 3 is 2.85 bits per heavy atom. The van der Waals surface area contributed by atoms with Gasteiger partial charge in [0.2, 0.25) is 0 Å². The summed E-state index contributed by atoms with van der Waals surface area (Å²) in [6, 6.07) is 9.70. The molecule has 100 valence electrons. The van der Waals surface area contributed by atoms with E-state index in [2.05, 4.69) is 15.1 Å².